The van der Waals surface area contributed by atoms with E-state index in [1.54, 1.807) is 54.6 Å². The SMILES string of the molecule is CC(OC(=O)Cn1cnc2ccccc2c1=O)C(=O)c1ccccc1. The molecule has 1 unspecified atom stereocenters. The summed E-state index contributed by atoms with van der Waals surface area (Å²) in [7, 11) is 0. The van der Waals surface area contributed by atoms with Crippen LogP contribution >= 0.6 is 0 Å². The van der Waals surface area contributed by atoms with Crippen LogP contribution in [0.2, 0.25) is 0 Å². The summed E-state index contributed by atoms with van der Waals surface area (Å²) in [6, 6.07) is 15.5. The second-order valence-corrected chi connectivity index (χ2v) is 5.56. The number of carbonyl (C=O) groups excluding carboxylic acids is 2. The molecule has 25 heavy (non-hydrogen) atoms. The van der Waals surface area contributed by atoms with Gasteiger partial charge in [-0.05, 0) is 19.1 Å². The van der Waals surface area contributed by atoms with E-state index in [9.17, 15) is 14.4 Å². The number of rotatable bonds is 5. The summed E-state index contributed by atoms with van der Waals surface area (Å²) in [6.07, 6.45) is 0.370. The molecule has 6 nitrogen and oxygen atoms in total. The molecule has 0 bridgehead atoms. The van der Waals surface area contributed by atoms with Gasteiger partial charge in [0.15, 0.2) is 6.10 Å². The van der Waals surface area contributed by atoms with Gasteiger partial charge in [0, 0.05) is 5.56 Å². The number of fused-ring (bicyclic) bond motifs is 1. The molecule has 3 rings (SSSR count). The van der Waals surface area contributed by atoms with Gasteiger partial charge >= 0.3 is 5.97 Å². The highest BCUT2D eigenvalue weighted by molar-refractivity contribution is 6.00. The molecular formula is C19H16N2O4. The van der Waals surface area contributed by atoms with E-state index >= 15 is 0 Å². The summed E-state index contributed by atoms with van der Waals surface area (Å²) < 4.78 is 6.33. The average molecular weight is 336 g/mol. The summed E-state index contributed by atoms with van der Waals surface area (Å²) in [5, 5.41) is 0.422. The monoisotopic (exact) mass is 336 g/mol. The maximum absolute atomic E-state index is 12.4. The van der Waals surface area contributed by atoms with E-state index < -0.39 is 12.1 Å². The van der Waals surface area contributed by atoms with Crippen molar-refractivity contribution in [2.45, 2.75) is 19.6 Å². The lowest BCUT2D eigenvalue weighted by atomic mass is 10.1. The van der Waals surface area contributed by atoms with E-state index in [0.29, 0.717) is 16.5 Å². The van der Waals surface area contributed by atoms with Crippen LogP contribution < -0.4 is 5.56 Å². The predicted octanol–water partition coefficient (Wildman–Crippen LogP) is 2.21. The molecule has 0 aliphatic heterocycles. The second-order valence-electron chi connectivity index (χ2n) is 5.56. The average Bonchev–Trinajstić information content (AvgIpc) is 2.64. The maximum Gasteiger partial charge on any atom is 0.326 e. The number of Topliss-reactive ketones (excluding diaryl/α,β-unsaturated/α-hetero) is 1. The van der Waals surface area contributed by atoms with Gasteiger partial charge in [0.2, 0.25) is 5.78 Å². The van der Waals surface area contributed by atoms with Gasteiger partial charge in [-0.1, -0.05) is 42.5 Å². The van der Waals surface area contributed by atoms with Gasteiger partial charge in [-0.2, -0.15) is 0 Å². The highest BCUT2D eigenvalue weighted by atomic mass is 16.5. The van der Waals surface area contributed by atoms with Crippen molar-refractivity contribution >= 4 is 22.7 Å². The Morgan fingerprint density at radius 3 is 2.52 bits per heavy atom. The minimum absolute atomic E-state index is 0.294. The summed E-state index contributed by atoms with van der Waals surface area (Å²) in [6.45, 7) is 1.21. The van der Waals surface area contributed by atoms with Crippen LogP contribution in [-0.2, 0) is 16.1 Å². The standard InChI is InChI=1S/C19H16N2O4/c1-13(18(23)14-7-3-2-4-8-14)25-17(22)11-21-12-20-16-10-6-5-9-15(16)19(21)24/h2-10,12-13H,11H2,1H3. The lowest BCUT2D eigenvalue weighted by Gasteiger charge is -2.13. The zero-order chi connectivity index (χ0) is 17.8. The largest absolute Gasteiger partial charge is 0.453 e. The van der Waals surface area contributed by atoms with Crippen molar-refractivity contribution in [3.63, 3.8) is 0 Å². The third-order valence-electron chi connectivity index (χ3n) is 3.77. The predicted molar refractivity (Wildman–Crippen MR) is 92.3 cm³/mol. The number of hydrogen-bond acceptors (Lipinski definition) is 5. The molecule has 1 aromatic heterocycles. The van der Waals surface area contributed by atoms with E-state index in [1.165, 1.54) is 17.8 Å². The molecule has 0 amide bonds. The fourth-order valence-corrected chi connectivity index (χ4v) is 2.48. The molecule has 6 heteroatoms. The molecule has 0 radical (unpaired) electrons. The van der Waals surface area contributed by atoms with E-state index in [0.717, 1.165) is 0 Å². The van der Waals surface area contributed by atoms with Crippen LogP contribution in [0.3, 0.4) is 0 Å². The Hall–Kier alpha value is -3.28. The third kappa shape index (κ3) is 3.63. The molecule has 3 aromatic rings. The highest BCUT2D eigenvalue weighted by Crippen LogP contribution is 2.07. The molecule has 0 aliphatic rings. The van der Waals surface area contributed by atoms with Gasteiger partial charge in [0.1, 0.15) is 6.54 Å². The van der Waals surface area contributed by atoms with Crippen molar-refractivity contribution in [3.05, 3.63) is 76.8 Å². The number of benzene rings is 2. The first-order chi connectivity index (χ1) is 12.1. The molecule has 0 spiro atoms. The van der Waals surface area contributed by atoms with Crippen molar-refractivity contribution in [2.24, 2.45) is 0 Å². The zero-order valence-electron chi connectivity index (χ0n) is 13.6. The van der Waals surface area contributed by atoms with Crippen molar-refractivity contribution in [3.8, 4) is 0 Å². The molecule has 2 aromatic carbocycles. The lowest BCUT2D eigenvalue weighted by Crippen LogP contribution is -2.30. The van der Waals surface area contributed by atoms with Gasteiger partial charge in [-0.3, -0.25) is 19.0 Å². The quantitative estimate of drug-likeness (QED) is 0.527. The van der Waals surface area contributed by atoms with Gasteiger partial charge < -0.3 is 4.74 Å². The van der Waals surface area contributed by atoms with Crippen LogP contribution in [0.5, 0.6) is 0 Å². The summed E-state index contributed by atoms with van der Waals surface area (Å²) in [4.78, 5) is 40.8. The van der Waals surface area contributed by atoms with E-state index in [2.05, 4.69) is 4.98 Å². The molecule has 0 aliphatic carbocycles. The molecule has 126 valence electrons. The number of ether oxygens (including phenoxy) is 1. The summed E-state index contributed by atoms with van der Waals surface area (Å²) >= 11 is 0. The van der Waals surface area contributed by atoms with Crippen molar-refractivity contribution in [1.29, 1.82) is 0 Å². The van der Waals surface area contributed by atoms with Crippen LogP contribution in [0, 0.1) is 0 Å². The Bertz CT molecular complexity index is 979. The smallest absolute Gasteiger partial charge is 0.326 e. The normalized spacial score (nSPS) is 11.9. The van der Waals surface area contributed by atoms with Crippen molar-refractivity contribution < 1.29 is 14.3 Å². The Kier molecular flexibility index (Phi) is 4.70. The molecule has 0 N–H and O–H groups in total. The number of aromatic nitrogens is 2. The fraction of sp³-hybridized carbons (Fsp3) is 0.158. The first-order valence-corrected chi connectivity index (χ1v) is 7.79. The van der Waals surface area contributed by atoms with Crippen LogP contribution in [0.15, 0.2) is 65.7 Å². The summed E-state index contributed by atoms with van der Waals surface area (Å²) in [5.41, 5.74) is 0.696. The number of hydrogen-bond donors (Lipinski definition) is 0. The third-order valence-corrected chi connectivity index (χ3v) is 3.77. The van der Waals surface area contributed by atoms with Crippen molar-refractivity contribution in [2.75, 3.05) is 0 Å². The fourth-order valence-electron chi connectivity index (χ4n) is 2.48. The molecule has 1 atom stereocenters. The maximum atomic E-state index is 12.4. The van der Waals surface area contributed by atoms with Gasteiger partial charge in [-0.15, -0.1) is 0 Å². The summed E-state index contributed by atoms with van der Waals surface area (Å²) in [5.74, 6) is -0.964. The number of carbonyl (C=O) groups is 2. The Balaban J connectivity index is 1.71. The minimum Gasteiger partial charge on any atom is -0.453 e. The highest BCUT2D eigenvalue weighted by Gasteiger charge is 2.19. The van der Waals surface area contributed by atoms with E-state index in [1.807, 2.05) is 0 Å². The van der Waals surface area contributed by atoms with Crippen LogP contribution in [0.1, 0.15) is 17.3 Å². The van der Waals surface area contributed by atoms with Crippen LogP contribution in [0.4, 0.5) is 0 Å². The van der Waals surface area contributed by atoms with Crippen LogP contribution in [0.25, 0.3) is 10.9 Å². The first-order valence-electron chi connectivity index (χ1n) is 7.79. The number of ketones is 1. The topological polar surface area (TPSA) is 78.3 Å². The Morgan fingerprint density at radius 2 is 1.76 bits per heavy atom. The minimum atomic E-state index is -0.931. The van der Waals surface area contributed by atoms with Crippen molar-refractivity contribution in [1.82, 2.24) is 9.55 Å². The zero-order valence-corrected chi connectivity index (χ0v) is 13.6. The van der Waals surface area contributed by atoms with Crippen LogP contribution in [-0.4, -0.2) is 27.4 Å². The molecule has 1 heterocycles. The number of para-hydroxylation sites is 1. The lowest BCUT2D eigenvalue weighted by molar-refractivity contribution is -0.147. The number of esters is 1. The first kappa shape index (κ1) is 16.6. The van der Waals surface area contributed by atoms with E-state index in [4.69, 9.17) is 4.74 Å². The second kappa shape index (κ2) is 7.09. The molecular weight excluding hydrogens is 320 g/mol. The number of nitrogens with zero attached hydrogens (tertiary/aromatic N) is 2. The Labute approximate surface area is 143 Å². The molecule has 0 fully saturated rings. The molecule has 0 saturated carbocycles. The van der Waals surface area contributed by atoms with Gasteiger partial charge in [0.05, 0.1) is 17.2 Å². The molecule has 0 saturated heterocycles. The van der Waals surface area contributed by atoms with E-state index in [-0.39, 0.29) is 17.9 Å². The van der Waals surface area contributed by atoms with Gasteiger partial charge in [-0.25, -0.2) is 4.98 Å². The van der Waals surface area contributed by atoms with Gasteiger partial charge in [0.25, 0.3) is 5.56 Å². The Morgan fingerprint density at radius 1 is 1.08 bits per heavy atom.